The largest absolute Gasteiger partial charge is 0.343 e. The molecular weight excluding hydrogens is 462 g/mol. The molecule has 1 unspecified atom stereocenters. The van der Waals surface area contributed by atoms with Crippen LogP contribution in [-0.2, 0) is 4.79 Å². The van der Waals surface area contributed by atoms with Crippen LogP contribution in [0.25, 0.3) is 0 Å². The van der Waals surface area contributed by atoms with Crippen molar-refractivity contribution in [2.24, 2.45) is 11.3 Å². The van der Waals surface area contributed by atoms with E-state index in [0.29, 0.717) is 34.4 Å². The van der Waals surface area contributed by atoms with E-state index in [2.05, 4.69) is 53.9 Å². The zero-order valence-corrected chi connectivity index (χ0v) is 20.0. The SMILES string of the molecule is CC(C)CSc1nc2c(c(=O)[nH]1)C(c1cccc(Br)c1)C1=C(CC(C)(C)CC1=O)N2. The van der Waals surface area contributed by atoms with Crippen molar-refractivity contribution in [2.45, 2.75) is 51.6 Å². The van der Waals surface area contributed by atoms with Gasteiger partial charge in [-0.1, -0.05) is 67.5 Å². The van der Waals surface area contributed by atoms with Crippen LogP contribution in [0.1, 0.15) is 57.6 Å². The molecule has 0 spiro atoms. The molecule has 0 radical (unpaired) electrons. The van der Waals surface area contributed by atoms with Crippen LogP contribution in [-0.4, -0.2) is 21.5 Å². The van der Waals surface area contributed by atoms with E-state index < -0.39 is 5.92 Å². The van der Waals surface area contributed by atoms with Crippen LogP contribution in [0.5, 0.6) is 0 Å². The average Bonchev–Trinajstić information content (AvgIpc) is 2.63. The Morgan fingerprint density at radius 2 is 2.03 bits per heavy atom. The molecule has 1 aliphatic heterocycles. The maximum atomic E-state index is 13.2. The third-order valence-electron chi connectivity index (χ3n) is 5.44. The average molecular weight is 488 g/mol. The van der Waals surface area contributed by atoms with Crippen molar-refractivity contribution < 1.29 is 4.79 Å². The Kier molecular flexibility index (Phi) is 5.70. The predicted octanol–water partition coefficient (Wildman–Crippen LogP) is 5.48. The number of aromatic amines is 1. The molecule has 1 aromatic heterocycles. The van der Waals surface area contributed by atoms with Crippen molar-refractivity contribution in [3.05, 3.63) is 61.5 Å². The molecule has 0 saturated carbocycles. The number of nitrogens with one attached hydrogen (secondary N) is 2. The van der Waals surface area contributed by atoms with Crippen molar-refractivity contribution in [3.63, 3.8) is 0 Å². The predicted molar refractivity (Wildman–Crippen MR) is 125 cm³/mol. The number of benzene rings is 1. The van der Waals surface area contributed by atoms with Gasteiger partial charge in [0.05, 0.1) is 5.56 Å². The van der Waals surface area contributed by atoms with Gasteiger partial charge in [0.2, 0.25) is 0 Å². The topological polar surface area (TPSA) is 74.8 Å². The first-order chi connectivity index (χ1) is 14.1. The number of carbonyl (C=O) groups excluding carboxylic acids is 1. The van der Waals surface area contributed by atoms with Gasteiger partial charge < -0.3 is 10.3 Å². The molecule has 2 aromatic rings. The summed E-state index contributed by atoms with van der Waals surface area (Å²) in [6.45, 7) is 8.49. The summed E-state index contributed by atoms with van der Waals surface area (Å²) in [6.07, 6.45) is 1.22. The molecule has 2 N–H and O–H groups in total. The van der Waals surface area contributed by atoms with Gasteiger partial charge in [-0.3, -0.25) is 9.59 Å². The molecule has 1 aliphatic carbocycles. The number of allylic oxidation sites excluding steroid dienone is 2. The zero-order chi connectivity index (χ0) is 21.6. The monoisotopic (exact) mass is 487 g/mol. The van der Waals surface area contributed by atoms with E-state index in [0.717, 1.165) is 27.9 Å². The lowest BCUT2D eigenvalue weighted by atomic mass is 9.69. The molecule has 5 nitrogen and oxygen atoms in total. The van der Waals surface area contributed by atoms with Crippen LogP contribution >= 0.6 is 27.7 Å². The molecule has 2 heterocycles. The maximum Gasteiger partial charge on any atom is 0.257 e. The molecule has 0 fully saturated rings. The molecule has 0 bridgehead atoms. The number of aromatic nitrogens is 2. The number of Topliss-reactive ketones (excluding diaryl/α,β-unsaturated/α-hetero) is 1. The first-order valence-corrected chi connectivity index (χ1v) is 12.0. The number of hydrogen-bond donors (Lipinski definition) is 2. The highest BCUT2D eigenvalue weighted by atomic mass is 79.9. The van der Waals surface area contributed by atoms with E-state index in [1.165, 1.54) is 0 Å². The van der Waals surface area contributed by atoms with E-state index >= 15 is 0 Å². The van der Waals surface area contributed by atoms with E-state index in [-0.39, 0.29) is 16.8 Å². The lowest BCUT2D eigenvalue weighted by Crippen LogP contribution is -2.37. The minimum Gasteiger partial charge on any atom is -0.343 e. The summed E-state index contributed by atoms with van der Waals surface area (Å²) < 4.78 is 0.916. The Hall–Kier alpha value is -1.86. The highest BCUT2D eigenvalue weighted by Crippen LogP contribution is 2.47. The van der Waals surface area contributed by atoms with Crippen LogP contribution in [0.3, 0.4) is 0 Å². The lowest BCUT2D eigenvalue weighted by Gasteiger charge is -2.38. The quantitative estimate of drug-likeness (QED) is 0.440. The van der Waals surface area contributed by atoms with Gasteiger partial charge >= 0.3 is 0 Å². The van der Waals surface area contributed by atoms with Gasteiger partial charge in [-0.25, -0.2) is 4.98 Å². The number of nitrogens with zero attached hydrogens (tertiary/aromatic N) is 1. The van der Waals surface area contributed by atoms with E-state index in [4.69, 9.17) is 4.98 Å². The fourth-order valence-electron chi connectivity index (χ4n) is 4.23. The van der Waals surface area contributed by atoms with Gasteiger partial charge in [-0.05, 0) is 35.4 Å². The number of ketones is 1. The van der Waals surface area contributed by atoms with Crippen LogP contribution < -0.4 is 10.9 Å². The number of carbonyl (C=O) groups is 1. The molecule has 158 valence electrons. The number of rotatable bonds is 4. The van der Waals surface area contributed by atoms with Gasteiger partial charge in [-0.2, -0.15) is 0 Å². The zero-order valence-electron chi connectivity index (χ0n) is 17.6. The summed E-state index contributed by atoms with van der Waals surface area (Å²) in [5, 5.41) is 3.98. The molecule has 4 rings (SSSR count). The van der Waals surface area contributed by atoms with Crippen LogP contribution in [0.4, 0.5) is 5.82 Å². The highest BCUT2D eigenvalue weighted by Gasteiger charge is 2.42. The van der Waals surface area contributed by atoms with Gasteiger partial charge in [0.15, 0.2) is 10.9 Å². The fraction of sp³-hybridized carbons (Fsp3) is 0.435. The summed E-state index contributed by atoms with van der Waals surface area (Å²) in [5.41, 5.74) is 2.73. The van der Waals surface area contributed by atoms with Crippen molar-refractivity contribution in [1.82, 2.24) is 9.97 Å². The summed E-state index contributed by atoms with van der Waals surface area (Å²) >= 11 is 5.08. The number of fused-ring (bicyclic) bond motifs is 1. The van der Waals surface area contributed by atoms with Gasteiger partial charge in [0.25, 0.3) is 5.56 Å². The number of thioether (sulfide) groups is 1. The number of hydrogen-bond acceptors (Lipinski definition) is 5. The van der Waals surface area contributed by atoms with E-state index in [1.807, 2.05) is 24.3 Å². The summed E-state index contributed by atoms with van der Waals surface area (Å²) in [4.78, 5) is 34.1. The standard InChI is InChI=1S/C23H26BrN3O2S/c1-12(2)11-30-22-26-20-19(21(29)27-22)17(13-6-5-7-14(24)8-13)18-15(25-20)9-23(3,4)10-16(18)28/h5-8,12,17H,9-11H2,1-4H3,(H2,25,26,27,29). The fourth-order valence-corrected chi connectivity index (χ4v) is 5.46. The van der Waals surface area contributed by atoms with E-state index in [9.17, 15) is 9.59 Å². The number of halogens is 1. The lowest BCUT2D eigenvalue weighted by molar-refractivity contribution is -0.118. The number of anilines is 1. The van der Waals surface area contributed by atoms with Crippen molar-refractivity contribution >= 4 is 39.3 Å². The first kappa shape index (κ1) is 21.4. The summed E-state index contributed by atoms with van der Waals surface area (Å²) in [6, 6.07) is 7.84. The van der Waals surface area contributed by atoms with Crippen LogP contribution in [0.15, 0.2) is 50.0 Å². The molecule has 7 heteroatoms. The minimum atomic E-state index is -0.419. The Balaban J connectivity index is 1.89. The first-order valence-electron chi connectivity index (χ1n) is 10.2. The Labute approximate surface area is 189 Å². The second-order valence-corrected chi connectivity index (χ2v) is 11.2. The summed E-state index contributed by atoms with van der Waals surface area (Å²) in [7, 11) is 0. The van der Waals surface area contributed by atoms with Gasteiger partial charge in [-0.15, -0.1) is 0 Å². The molecule has 2 aliphatic rings. The maximum absolute atomic E-state index is 13.2. The van der Waals surface area contributed by atoms with Crippen molar-refractivity contribution in [2.75, 3.05) is 11.1 Å². The second-order valence-electron chi connectivity index (χ2n) is 9.28. The van der Waals surface area contributed by atoms with Gasteiger partial charge in [0, 0.05) is 33.8 Å². The Morgan fingerprint density at radius 1 is 1.27 bits per heavy atom. The molecule has 1 atom stereocenters. The Morgan fingerprint density at radius 3 is 2.73 bits per heavy atom. The Bertz CT molecular complexity index is 1100. The van der Waals surface area contributed by atoms with E-state index in [1.54, 1.807) is 11.8 Å². The number of H-pyrrole nitrogens is 1. The third kappa shape index (κ3) is 4.14. The van der Waals surface area contributed by atoms with Crippen molar-refractivity contribution in [1.29, 1.82) is 0 Å². The van der Waals surface area contributed by atoms with Crippen LogP contribution in [0.2, 0.25) is 0 Å². The molecule has 1 aromatic carbocycles. The molecule has 0 amide bonds. The molecular formula is C23H26BrN3O2S. The third-order valence-corrected chi connectivity index (χ3v) is 7.23. The molecule has 0 saturated heterocycles. The normalized spacial score (nSPS) is 20.1. The molecule has 30 heavy (non-hydrogen) atoms. The minimum absolute atomic E-state index is 0.0991. The second kappa shape index (κ2) is 8.00. The van der Waals surface area contributed by atoms with Crippen molar-refractivity contribution in [3.8, 4) is 0 Å². The summed E-state index contributed by atoms with van der Waals surface area (Å²) in [5.74, 6) is 1.61. The highest BCUT2D eigenvalue weighted by molar-refractivity contribution is 9.10. The van der Waals surface area contributed by atoms with Gasteiger partial charge in [0.1, 0.15) is 5.82 Å². The van der Waals surface area contributed by atoms with Crippen LogP contribution in [0, 0.1) is 11.3 Å². The smallest absolute Gasteiger partial charge is 0.257 e.